The monoisotopic (exact) mass is 275 g/mol. The first-order valence-electron chi connectivity index (χ1n) is 7.87. The van der Waals surface area contributed by atoms with Crippen molar-refractivity contribution in [3.8, 4) is 0 Å². The molecule has 0 aliphatic carbocycles. The molecule has 3 nitrogen and oxygen atoms in total. The summed E-state index contributed by atoms with van der Waals surface area (Å²) in [6.45, 7) is 3.61. The molecule has 1 aromatic carbocycles. The van der Waals surface area contributed by atoms with E-state index in [1.54, 1.807) is 0 Å². The van der Waals surface area contributed by atoms with E-state index in [0.717, 1.165) is 25.4 Å². The highest BCUT2D eigenvalue weighted by molar-refractivity contribution is 5.15. The summed E-state index contributed by atoms with van der Waals surface area (Å²) >= 11 is 0. The Balaban J connectivity index is 1.49. The van der Waals surface area contributed by atoms with Gasteiger partial charge in [-0.05, 0) is 50.3 Å². The summed E-state index contributed by atoms with van der Waals surface area (Å²) in [5.41, 5.74) is 1.45. The quantitative estimate of drug-likeness (QED) is 0.917. The highest BCUT2D eigenvalue weighted by atomic mass is 16.5. The molecular weight excluding hydrogens is 250 g/mol. The fourth-order valence-electron chi connectivity index (χ4n) is 3.50. The molecule has 2 aliphatic heterocycles. The second-order valence-electron chi connectivity index (χ2n) is 6.17. The Morgan fingerprint density at radius 2 is 1.85 bits per heavy atom. The number of ether oxygens (including phenoxy) is 1. The number of likely N-dealkylation sites (tertiary alicyclic amines) is 1. The lowest BCUT2D eigenvalue weighted by Gasteiger charge is -2.41. The average molecular weight is 275 g/mol. The van der Waals surface area contributed by atoms with Crippen LogP contribution in [0, 0.1) is 5.92 Å². The van der Waals surface area contributed by atoms with Gasteiger partial charge in [-0.15, -0.1) is 0 Å². The van der Waals surface area contributed by atoms with Crippen molar-refractivity contribution in [1.29, 1.82) is 0 Å². The normalized spacial score (nSPS) is 29.4. The second-order valence-corrected chi connectivity index (χ2v) is 6.17. The predicted octanol–water partition coefficient (Wildman–Crippen LogP) is 2.09. The molecule has 1 aromatic rings. The molecule has 2 atom stereocenters. The Kier molecular flexibility index (Phi) is 4.71. The summed E-state index contributed by atoms with van der Waals surface area (Å²) in [7, 11) is 0. The van der Waals surface area contributed by atoms with Gasteiger partial charge in [0, 0.05) is 6.61 Å². The van der Waals surface area contributed by atoms with Crippen LogP contribution in [0.15, 0.2) is 30.3 Å². The van der Waals surface area contributed by atoms with E-state index in [1.807, 2.05) is 0 Å². The number of piperidine rings is 1. The van der Waals surface area contributed by atoms with Gasteiger partial charge >= 0.3 is 0 Å². The molecule has 0 spiro atoms. The number of hydrogen-bond acceptors (Lipinski definition) is 3. The fourth-order valence-corrected chi connectivity index (χ4v) is 3.50. The van der Waals surface area contributed by atoms with Gasteiger partial charge in [0.2, 0.25) is 0 Å². The van der Waals surface area contributed by atoms with Crippen molar-refractivity contribution in [2.75, 3.05) is 26.3 Å². The third kappa shape index (κ3) is 3.40. The minimum atomic E-state index is -0.200. The topological polar surface area (TPSA) is 32.7 Å². The molecule has 2 heterocycles. The van der Waals surface area contributed by atoms with E-state index in [2.05, 4.69) is 35.2 Å². The molecule has 0 bridgehead atoms. The Labute approximate surface area is 121 Å². The zero-order valence-corrected chi connectivity index (χ0v) is 12.1. The first-order chi connectivity index (χ1) is 9.83. The zero-order chi connectivity index (χ0) is 13.8. The van der Waals surface area contributed by atoms with Crippen molar-refractivity contribution in [2.24, 2.45) is 5.92 Å². The third-order valence-corrected chi connectivity index (χ3v) is 4.78. The van der Waals surface area contributed by atoms with Gasteiger partial charge in [0.15, 0.2) is 0 Å². The van der Waals surface area contributed by atoms with Crippen LogP contribution in [0.5, 0.6) is 0 Å². The van der Waals surface area contributed by atoms with E-state index >= 15 is 0 Å². The third-order valence-electron chi connectivity index (χ3n) is 4.78. The molecule has 2 fully saturated rings. The summed E-state index contributed by atoms with van der Waals surface area (Å²) in [4.78, 5) is 2.44. The fraction of sp³-hybridized carbons (Fsp3) is 0.647. The van der Waals surface area contributed by atoms with Crippen molar-refractivity contribution in [1.82, 2.24) is 4.90 Å². The lowest BCUT2D eigenvalue weighted by atomic mass is 9.89. The first-order valence-corrected chi connectivity index (χ1v) is 7.87. The molecule has 3 rings (SSSR count). The number of hydrogen-bond donors (Lipinski definition) is 1. The Morgan fingerprint density at radius 3 is 2.55 bits per heavy atom. The van der Waals surface area contributed by atoms with Crippen molar-refractivity contribution < 1.29 is 9.84 Å². The van der Waals surface area contributed by atoms with Crippen LogP contribution in [0.4, 0.5) is 0 Å². The van der Waals surface area contributed by atoms with Crippen LogP contribution < -0.4 is 0 Å². The molecule has 2 unspecified atom stereocenters. The van der Waals surface area contributed by atoms with E-state index in [4.69, 9.17) is 4.74 Å². The van der Waals surface area contributed by atoms with Crippen molar-refractivity contribution in [2.45, 2.75) is 37.8 Å². The second kappa shape index (κ2) is 6.70. The number of nitrogens with zero attached hydrogens (tertiary/aromatic N) is 1. The van der Waals surface area contributed by atoms with E-state index in [9.17, 15) is 5.11 Å². The molecule has 20 heavy (non-hydrogen) atoms. The minimum Gasteiger partial charge on any atom is -0.391 e. The summed E-state index contributed by atoms with van der Waals surface area (Å²) in [6, 6.07) is 11.0. The van der Waals surface area contributed by atoms with Gasteiger partial charge < -0.3 is 9.84 Å². The van der Waals surface area contributed by atoms with Crippen LogP contribution >= 0.6 is 0 Å². The molecule has 0 amide bonds. The van der Waals surface area contributed by atoms with Gasteiger partial charge in [-0.2, -0.15) is 0 Å². The molecule has 3 heteroatoms. The predicted molar refractivity (Wildman–Crippen MR) is 79.7 cm³/mol. The molecule has 1 N–H and O–H groups in total. The number of aliphatic hydroxyl groups is 1. The van der Waals surface area contributed by atoms with Crippen LogP contribution in [-0.2, 0) is 11.2 Å². The first kappa shape index (κ1) is 14.1. The Morgan fingerprint density at radius 1 is 1.10 bits per heavy atom. The number of aliphatic hydroxyl groups excluding tert-OH is 1. The molecule has 0 aromatic heterocycles. The van der Waals surface area contributed by atoms with Crippen LogP contribution in [0.1, 0.15) is 24.8 Å². The molecule has 2 aliphatic rings. The smallest absolute Gasteiger partial charge is 0.0739 e. The number of rotatable bonds is 3. The maximum Gasteiger partial charge on any atom is 0.0739 e. The molecule has 0 radical (unpaired) electrons. The Bertz CT molecular complexity index is 401. The summed E-state index contributed by atoms with van der Waals surface area (Å²) in [5, 5.41) is 10.1. The average Bonchev–Trinajstić information content (AvgIpc) is 2.50. The van der Waals surface area contributed by atoms with Gasteiger partial charge in [0.25, 0.3) is 0 Å². The van der Waals surface area contributed by atoms with Crippen LogP contribution in [0.2, 0.25) is 0 Å². The van der Waals surface area contributed by atoms with Crippen molar-refractivity contribution in [3.05, 3.63) is 35.9 Å². The Hall–Kier alpha value is -0.900. The molecule has 0 saturated carbocycles. The lowest BCUT2D eigenvalue weighted by molar-refractivity contribution is -0.0688. The van der Waals surface area contributed by atoms with Gasteiger partial charge in [-0.1, -0.05) is 30.3 Å². The summed E-state index contributed by atoms with van der Waals surface area (Å²) in [5.74, 6) is 0.787. The van der Waals surface area contributed by atoms with Gasteiger partial charge in [0.1, 0.15) is 0 Å². The number of benzene rings is 1. The molecule has 110 valence electrons. The van der Waals surface area contributed by atoms with Crippen molar-refractivity contribution in [3.63, 3.8) is 0 Å². The zero-order valence-electron chi connectivity index (χ0n) is 12.1. The molecule has 2 saturated heterocycles. The van der Waals surface area contributed by atoms with Crippen molar-refractivity contribution >= 4 is 0 Å². The highest BCUT2D eigenvalue weighted by Crippen LogP contribution is 2.25. The van der Waals surface area contributed by atoms with Gasteiger partial charge in [0.05, 0.1) is 18.8 Å². The maximum absolute atomic E-state index is 10.1. The van der Waals surface area contributed by atoms with Gasteiger partial charge in [-0.25, -0.2) is 0 Å². The van der Waals surface area contributed by atoms with E-state index < -0.39 is 0 Å². The summed E-state index contributed by atoms with van der Waals surface area (Å²) < 4.78 is 5.53. The molecular formula is C17H25NO2. The van der Waals surface area contributed by atoms with Crippen LogP contribution in [0.3, 0.4) is 0 Å². The standard InChI is InChI=1S/C17H25NO2/c19-17-8-11-20-13-16(17)18-9-6-15(7-10-18)12-14-4-2-1-3-5-14/h1-5,15-17,19H,6-13H2. The van der Waals surface area contributed by atoms with Gasteiger partial charge in [-0.3, -0.25) is 4.90 Å². The van der Waals surface area contributed by atoms with E-state index in [-0.39, 0.29) is 12.1 Å². The van der Waals surface area contributed by atoms with Crippen LogP contribution in [-0.4, -0.2) is 48.5 Å². The van der Waals surface area contributed by atoms with E-state index in [0.29, 0.717) is 13.2 Å². The lowest BCUT2D eigenvalue weighted by Crippen LogP contribution is -2.52. The van der Waals surface area contributed by atoms with Crippen LogP contribution in [0.25, 0.3) is 0 Å². The largest absolute Gasteiger partial charge is 0.391 e. The minimum absolute atomic E-state index is 0.200. The summed E-state index contributed by atoms with van der Waals surface area (Å²) in [6.07, 6.45) is 4.25. The maximum atomic E-state index is 10.1. The SMILES string of the molecule is OC1CCOCC1N1CCC(Cc2ccccc2)CC1. The van der Waals surface area contributed by atoms with E-state index in [1.165, 1.54) is 24.8 Å². The highest BCUT2D eigenvalue weighted by Gasteiger charge is 2.31.